The van der Waals surface area contributed by atoms with Crippen molar-refractivity contribution in [1.82, 2.24) is 9.88 Å². The Morgan fingerprint density at radius 2 is 1.84 bits per heavy atom. The first kappa shape index (κ1) is 17.6. The van der Waals surface area contributed by atoms with Crippen LogP contribution in [-0.4, -0.2) is 41.5 Å². The Hall–Kier alpha value is -2.20. The minimum atomic E-state index is 0.168. The predicted octanol–water partition coefficient (Wildman–Crippen LogP) is 3.53. The number of pyridine rings is 1. The van der Waals surface area contributed by atoms with Crippen molar-refractivity contribution in [1.29, 1.82) is 0 Å². The summed E-state index contributed by atoms with van der Waals surface area (Å²) >= 11 is 0. The number of amides is 1. The van der Waals surface area contributed by atoms with E-state index in [2.05, 4.69) is 40.2 Å². The second-order valence-corrected chi connectivity index (χ2v) is 6.61. The van der Waals surface area contributed by atoms with Gasteiger partial charge in [-0.05, 0) is 37.0 Å². The maximum atomic E-state index is 12.5. The second kappa shape index (κ2) is 8.77. The molecule has 2 aromatic rings. The van der Waals surface area contributed by atoms with Crippen LogP contribution in [0.15, 0.2) is 54.7 Å². The largest absolute Gasteiger partial charge is 0.303 e. The van der Waals surface area contributed by atoms with Crippen molar-refractivity contribution in [3.05, 3.63) is 60.3 Å². The van der Waals surface area contributed by atoms with Gasteiger partial charge in [0.2, 0.25) is 5.91 Å². The van der Waals surface area contributed by atoms with Gasteiger partial charge in [0.05, 0.1) is 0 Å². The van der Waals surface area contributed by atoms with Crippen LogP contribution in [0.25, 0.3) is 0 Å². The van der Waals surface area contributed by atoms with E-state index in [4.69, 9.17) is 0 Å². The van der Waals surface area contributed by atoms with Gasteiger partial charge in [-0.2, -0.15) is 0 Å². The number of carbonyl (C=O) groups is 1. The molecular formula is C21H27N3O. The van der Waals surface area contributed by atoms with Crippen LogP contribution in [0.2, 0.25) is 0 Å². The second-order valence-electron chi connectivity index (χ2n) is 6.61. The predicted molar refractivity (Wildman–Crippen MR) is 102 cm³/mol. The van der Waals surface area contributed by atoms with Crippen molar-refractivity contribution in [3.63, 3.8) is 0 Å². The molecule has 1 aliphatic rings. The number of benzene rings is 1. The van der Waals surface area contributed by atoms with Crippen LogP contribution in [0.3, 0.4) is 0 Å². The fraction of sp³-hybridized carbons (Fsp3) is 0.429. The summed E-state index contributed by atoms with van der Waals surface area (Å²) < 4.78 is 0. The zero-order chi connectivity index (χ0) is 17.5. The zero-order valence-corrected chi connectivity index (χ0v) is 15.0. The Kier molecular flexibility index (Phi) is 6.18. The van der Waals surface area contributed by atoms with Gasteiger partial charge in [-0.25, -0.2) is 4.98 Å². The molecular weight excluding hydrogens is 310 g/mol. The summed E-state index contributed by atoms with van der Waals surface area (Å²) in [6.07, 6.45) is 5.39. The molecule has 4 heteroatoms. The lowest BCUT2D eigenvalue weighted by atomic mass is 10.0. The maximum absolute atomic E-state index is 12.5. The number of hydrogen-bond acceptors (Lipinski definition) is 3. The fourth-order valence-electron chi connectivity index (χ4n) is 3.52. The van der Waals surface area contributed by atoms with Gasteiger partial charge < -0.3 is 4.90 Å². The van der Waals surface area contributed by atoms with Gasteiger partial charge in [-0.1, -0.05) is 43.3 Å². The monoisotopic (exact) mass is 337 g/mol. The average molecular weight is 337 g/mol. The van der Waals surface area contributed by atoms with Crippen LogP contribution in [0.1, 0.15) is 31.7 Å². The van der Waals surface area contributed by atoms with Crippen LogP contribution >= 0.6 is 0 Å². The van der Waals surface area contributed by atoms with Crippen molar-refractivity contribution in [2.75, 3.05) is 24.5 Å². The van der Waals surface area contributed by atoms with Crippen molar-refractivity contribution in [2.45, 2.75) is 38.6 Å². The van der Waals surface area contributed by atoms with Crippen LogP contribution in [0.4, 0.5) is 5.82 Å². The summed E-state index contributed by atoms with van der Waals surface area (Å²) in [7, 11) is 0. The topological polar surface area (TPSA) is 36.4 Å². The highest BCUT2D eigenvalue weighted by atomic mass is 16.2. The SMILES string of the molecule is CCC(=O)N(c1ccccn1)C1CCN(CCc2ccccc2)CC1. The Bertz CT molecular complexity index is 651. The third-order valence-electron chi connectivity index (χ3n) is 4.95. The van der Waals surface area contributed by atoms with Crippen LogP contribution in [0.5, 0.6) is 0 Å². The standard InChI is InChI=1S/C21H27N3O/c1-2-21(25)24(20-10-6-7-14-22-20)19-12-16-23(17-13-19)15-11-18-8-4-3-5-9-18/h3-10,14,19H,2,11-13,15-17H2,1H3. The lowest BCUT2D eigenvalue weighted by molar-refractivity contribution is -0.119. The molecule has 1 aromatic heterocycles. The van der Waals surface area contributed by atoms with Crippen LogP contribution < -0.4 is 4.90 Å². The molecule has 0 unspecified atom stereocenters. The van der Waals surface area contributed by atoms with E-state index in [1.165, 1.54) is 5.56 Å². The van der Waals surface area contributed by atoms with E-state index in [0.717, 1.165) is 44.7 Å². The number of hydrogen-bond donors (Lipinski definition) is 0. The molecule has 1 aromatic carbocycles. The summed E-state index contributed by atoms with van der Waals surface area (Å²) in [5, 5.41) is 0. The molecule has 1 amide bonds. The molecule has 4 nitrogen and oxygen atoms in total. The molecule has 1 saturated heterocycles. The number of piperidine rings is 1. The Balaban J connectivity index is 1.57. The summed E-state index contributed by atoms with van der Waals surface area (Å²) in [4.78, 5) is 21.3. The highest BCUT2D eigenvalue weighted by Gasteiger charge is 2.28. The number of carbonyl (C=O) groups excluding carboxylic acids is 1. The number of nitrogens with zero attached hydrogens (tertiary/aromatic N) is 3. The fourth-order valence-corrected chi connectivity index (χ4v) is 3.52. The van der Waals surface area contributed by atoms with E-state index in [-0.39, 0.29) is 11.9 Å². The number of rotatable bonds is 6. The summed E-state index contributed by atoms with van der Waals surface area (Å²) in [6.45, 7) is 5.09. The summed E-state index contributed by atoms with van der Waals surface area (Å²) in [5.74, 6) is 0.957. The molecule has 25 heavy (non-hydrogen) atoms. The van der Waals surface area contributed by atoms with Gasteiger partial charge in [0.25, 0.3) is 0 Å². The highest BCUT2D eigenvalue weighted by molar-refractivity contribution is 5.92. The minimum Gasteiger partial charge on any atom is -0.303 e. The van der Waals surface area contributed by atoms with Gasteiger partial charge in [0, 0.05) is 38.3 Å². The summed E-state index contributed by atoms with van der Waals surface area (Å²) in [6, 6.07) is 16.7. The minimum absolute atomic E-state index is 0.168. The van der Waals surface area contributed by atoms with Gasteiger partial charge >= 0.3 is 0 Å². The maximum Gasteiger partial charge on any atom is 0.228 e. The quantitative estimate of drug-likeness (QED) is 0.809. The number of anilines is 1. The van der Waals surface area contributed by atoms with E-state index in [0.29, 0.717) is 6.42 Å². The molecule has 0 radical (unpaired) electrons. The molecule has 3 rings (SSSR count). The normalized spacial score (nSPS) is 15.9. The number of aromatic nitrogens is 1. The molecule has 2 heterocycles. The lowest BCUT2D eigenvalue weighted by Gasteiger charge is -2.38. The van der Waals surface area contributed by atoms with Crippen molar-refractivity contribution in [2.24, 2.45) is 0 Å². The summed E-state index contributed by atoms with van der Waals surface area (Å²) in [5.41, 5.74) is 1.39. The van der Waals surface area contributed by atoms with Gasteiger partial charge in [-0.3, -0.25) is 9.69 Å². The molecule has 0 bridgehead atoms. The Morgan fingerprint density at radius 3 is 2.48 bits per heavy atom. The van der Waals surface area contributed by atoms with E-state index in [9.17, 15) is 4.79 Å². The van der Waals surface area contributed by atoms with Gasteiger partial charge in [0.1, 0.15) is 5.82 Å². The van der Waals surface area contributed by atoms with Crippen molar-refractivity contribution < 1.29 is 4.79 Å². The van der Waals surface area contributed by atoms with Crippen molar-refractivity contribution >= 4 is 11.7 Å². The molecule has 0 saturated carbocycles. The van der Waals surface area contributed by atoms with E-state index in [1.54, 1.807) is 6.20 Å². The molecule has 1 fully saturated rings. The molecule has 0 atom stereocenters. The first-order valence-electron chi connectivity index (χ1n) is 9.27. The number of likely N-dealkylation sites (tertiary alicyclic amines) is 1. The first-order chi connectivity index (χ1) is 12.3. The van der Waals surface area contributed by atoms with Crippen molar-refractivity contribution in [3.8, 4) is 0 Å². The Labute approximate surface area is 150 Å². The lowest BCUT2D eigenvalue weighted by Crippen LogP contribution is -2.48. The third kappa shape index (κ3) is 4.67. The van der Waals surface area contributed by atoms with Crippen LogP contribution in [-0.2, 0) is 11.2 Å². The van der Waals surface area contributed by atoms with Gasteiger partial charge in [0.15, 0.2) is 0 Å². The van der Waals surface area contributed by atoms with E-state index < -0.39 is 0 Å². The molecule has 0 spiro atoms. The first-order valence-corrected chi connectivity index (χ1v) is 9.27. The molecule has 1 aliphatic heterocycles. The molecule has 0 aliphatic carbocycles. The van der Waals surface area contributed by atoms with Crippen LogP contribution in [0, 0.1) is 0 Å². The average Bonchev–Trinajstić information content (AvgIpc) is 2.69. The van der Waals surface area contributed by atoms with E-state index >= 15 is 0 Å². The Morgan fingerprint density at radius 1 is 1.12 bits per heavy atom. The third-order valence-corrected chi connectivity index (χ3v) is 4.95. The molecule has 132 valence electrons. The van der Waals surface area contributed by atoms with Gasteiger partial charge in [-0.15, -0.1) is 0 Å². The zero-order valence-electron chi connectivity index (χ0n) is 15.0. The molecule has 0 N–H and O–H groups in total. The highest BCUT2D eigenvalue weighted by Crippen LogP contribution is 2.23. The van der Waals surface area contributed by atoms with E-state index in [1.807, 2.05) is 30.0 Å². The smallest absolute Gasteiger partial charge is 0.228 e.